The first-order valence-corrected chi connectivity index (χ1v) is 19.8. The monoisotopic (exact) mass is 827 g/mol. The van der Waals surface area contributed by atoms with Gasteiger partial charge in [-0.1, -0.05) is 38.5 Å². The SMILES string of the molecule is CCC[C@H]1N(C(=O)c2cnccc2C(F)(F)F)CCC[C@@]1(Oc1csc(C(F)(F)F)c1)C(=O)N(C)CCC(O)(CC)c1ccccc1O[C@@H]1CC[C@@H](CC(=O)O)C1. The number of aromatic nitrogens is 1. The zero-order valence-corrected chi connectivity index (χ0v) is 32.7. The van der Waals surface area contributed by atoms with Crippen molar-refractivity contribution in [2.75, 3.05) is 20.1 Å². The van der Waals surface area contributed by atoms with E-state index in [1.807, 2.05) is 0 Å². The fourth-order valence-electron chi connectivity index (χ4n) is 8.08. The quantitative estimate of drug-likeness (QED) is 0.146. The normalized spacial score (nSPS) is 22.5. The van der Waals surface area contributed by atoms with Crippen molar-refractivity contribution < 1.29 is 60.4 Å². The molecule has 0 spiro atoms. The minimum atomic E-state index is -4.90. The van der Waals surface area contributed by atoms with E-state index >= 15 is 0 Å². The molecule has 0 bridgehead atoms. The Morgan fingerprint density at radius 2 is 1.79 bits per heavy atom. The Bertz CT molecular complexity index is 1890. The molecule has 57 heavy (non-hydrogen) atoms. The van der Waals surface area contributed by atoms with Crippen molar-refractivity contribution in [3.63, 3.8) is 0 Å². The Morgan fingerprint density at radius 3 is 2.44 bits per heavy atom. The summed E-state index contributed by atoms with van der Waals surface area (Å²) >= 11 is 0.357. The molecule has 1 aliphatic carbocycles. The lowest BCUT2D eigenvalue weighted by atomic mass is 9.79. The van der Waals surface area contributed by atoms with Crippen LogP contribution >= 0.6 is 11.3 Å². The van der Waals surface area contributed by atoms with Gasteiger partial charge >= 0.3 is 18.3 Å². The number of piperidine rings is 1. The van der Waals surface area contributed by atoms with Crippen LogP contribution in [0.4, 0.5) is 26.3 Å². The topological polar surface area (TPSA) is 130 Å². The van der Waals surface area contributed by atoms with Gasteiger partial charge < -0.3 is 29.5 Å². The number of para-hydroxylation sites is 1. The van der Waals surface area contributed by atoms with Crippen LogP contribution < -0.4 is 9.47 Å². The third-order valence-electron chi connectivity index (χ3n) is 11.0. The molecule has 5 atom stereocenters. The molecule has 2 aliphatic rings. The van der Waals surface area contributed by atoms with Gasteiger partial charge in [-0.15, -0.1) is 11.3 Å². The van der Waals surface area contributed by atoms with Crippen LogP contribution in [0.25, 0.3) is 0 Å². The van der Waals surface area contributed by atoms with Gasteiger partial charge in [0.05, 0.1) is 28.9 Å². The first kappa shape index (κ1) is 43.7. The van der Waals surface area contributed by atoms with Crippen LogP contribution in [0.2, 0.25) is 0 Å². The number of thiophene rings is 1. The number of halogens is 6. The Morgan fingerprint density at radius 1 is 1.05 bits per heavy atom. The highest BCUT2D eigenvalue weighted by atomic mass is 32.1. The van der Waals surface area contributed by atoms with E-state index in [0.717, 1.165) is 28.7 Å². The first-order chi connectivity index (χ1) is 26.8. The molecule has 2 N–H and O–H groups in total. The molecular weight excluding hydrogens is 781 g/mol. The Hall–Kier alpha value is -4.38. The number of aliphatic hydroxyl groups is 1. The zero-order valence-electron chi connectivity index (χ0n) is 31.9. The second-order valence-corrected chi connectivity index (χ2v) is 15.7. The summed E-state index contributed by atoms with van der Waals surface area (Å²) < 4.78 is 96.0. The molecular formula is C40H47F6N3O7S. The van der Waals surface area contributed by atoms with E-state index in [1.165, 1.54) is 11.9 Å². The fraction of sp³-hybridized carbons (Fsp3) is 0.550. The summed E-state index contributed by atoms with van der Waals surface area (Å²) in [6, 6.07) is 7.13. The van der Waals surface area contributed by atoms with Crippen LogP contribution in [0.3, 0.4) is 0 Å². The summed E-state index contributed by atoms with van der Waals surface area (Å²) in [6.07, 6.45) is -5.72. The molecule has 0 radical (unpaired) electrons. The highest BCUT2D eigenvalue weighted by Crippen LogP contribution is 2.44. The van der Waals surface area contributed by atoms with Crippen LogP contribution in [-0.2, 0) is 27.5 Å². The van der Waals surface area contributed by atoms with E-state index in [1.54, 1.807) is 38.1 Å². The van der Waals surface area contributed by atoms with Gasteiger partial charge in [-0.2, -0.15) is 26.3 Å². The number of alkyl halides is 6. The molecule has 2 aromatic heterocycles. The first-order valence-electron chi connectivity index (χ1n) is 19.0. The number of ether oxygens (including phenoxy) is 2. The van der Waals surface area contributed by atoms with Crippen molar-refractivity contribution in [3.05, 3.63) is 75.7 Å². The Kier molecular flexibility index (Phi) is 13.5. The van der Waals surface area contributed by atoms with Gasteiger partial charge in [-0.3, -0.25) is 19.4 Å². The predicted octanol–water partition coefficient (Wildman–Crippen LogP) is 8.57. The van der Waals surface area contributed by atoms with Gasteiger partial charge in [0.1, 0.15) is 16.4 Å². The van der Waals surface area contributed by atoms with E-state index in [-0.39, 0.29) is 69.4 Å². The minimum Gasteiger partial charge on any atom is -0.490 e. The van der Waals surface area contributed by atoms with Crippen molar-refractivity contribution in [2.45, 2.75) is 114 Å². The van der Waals surface area contributed by atoms with Crippen molar-refractivity contribution >= 4 is 29.1 Å². The van der Waals surface area contributed by atoms with Gasteiger partial charge in [0.15, 0.2) is 0 Å². The lowest BCUT2D eigenvalue weighted by Gasteiger charge is -2.49. The molecule has 5 rings (SSSR count). The highest BCUT2D eigenvalue weighted by Gasteiger charge is 2.55. The molecule has 10 nitrogen and oxygen atoms in total. The number of amides is 2. The molecule has 17 heteroatoms. The summed E-state index contributed by atoms with van der Waals surface area (Å²) in [7, 11) is 1.44. The third kappa shape index (κ3) is 9.85. The van der Waals surface area contributed by atoms with E-state index in [0.29, 0.717) is 54.4 Å². The molecule has 1 aliphatic heterocycles. The lowest BCUT2D eigenvalue weighted by molar-refractivity contribution is -0.158. The third-order valence-corrected chi connectivity index (χ3v) is 11.9. The van der Waals surface area contributed by atoms with Gasteiger partial charge in [-0.25, -0.2) is 0 Å². The summed E-state index contributed by atoms with van der Waals surface area (Å²) in [4.78, 5) is 45.4. The van der Waals surface area contributed by atoms with Gasteiger partial charge in [0.2, 0.25) is 5.60 Å². The van der Waals surface area contributed by atoms with E-state index < -0.39 is 63.4 Å². The second-order valence-electron chi connectivity index (χ2n) is 14.8. The van der Waals surface area contributed by atoms with Crippen molar-refractivity contribution in [1.82, 2.24) is 14.8 Å². The van der Waals surface area contributed by atoms with Crippen molar-refractivity contribution in [2.24, 2.45) is 5.92 Å². The van der Waals surface area contributed by atoms with Crippen molar-refractivity contribution in [1.29, 1.82) is 0 Å². The smallest absolute Gasteiger partial charge is 0.425 e. The average Bonchev–Trinajstić information content (AvgIpc) is 3.83. The number of hydrogen-bond acceptors (Lipinski definition) is 8. The van der Waals surface area contributed by atoms with Gasteiger partial charge in [-0.05, 0) is 63.0 Å². The number of nitrogens with zero attached hydrogens (tertiary/aromatic N) is 3. The number of aliphatic carboxylic acids is 1. The standard InChI is InChI=1S/C40H47F6N3O7S/c1-4-9-32-38(56-27-22-33(57-24-27)40(44,45)46,15-8-18-49(32)35(52)28-23-47-17-14-29(28)39(41,42)43)36(53)48(3)19-16-37(54,5-2)30-10-6-7-11-31(30)55-26-13-12-25(20-26)21-34(50)51/h6-7,10-11,14,17,22-26,32,54H,4-5,8-9,12-13,15-16,18-21H2,1-3H3,(H,50,51)/t25-,26-,32-,37?,38+/m1/s1. The number of likely N-dealkylation sites (N-methyl/N-ethyl adjacent to an activating group) is 1. The van der Waals surface area contributed by atoms with Crippen LogP contribution in [0.1, 0.15) is 104 Å². The number of carboxylic acids is 1. The van der Waals surface area contributed by atoms with Crippen molar-refractivity contribution in [3.8, 4) is 11.5 Å². The molecule has 1 aromatic carbocycles. The van der Waals surface area contributed by atoms with E-state index in [4.69, 9.17) is 9.47 Å². The molecule has 1 saturated heterocycles. The maximum absolute atomic E-state index is 14.9. The maximum Gasteiger partial charge on any atom is 0.425 e. The molecule has 3 heterocycles. The molecule has 1 unspecified atom stereocenters. The van der Waals surface area contributed by atoms with Crippen LogP contribution in [0, 0.1) is 5.92 Å². The zero-order chi connectivity index (χ0) is 41.8. The van der Waals surface area contributed by atoms with Gasteiger partial charge in [0.25, 0.3) is 11.8 Å². The summed E-state index contributed by atoms with van der Waals surface area (Å²) in [5, 5.41) is 22.5. The number of carboxylic acid groups (broad SMARTS) is 1. The number of benzene rings is 1. The Balaban J connectivity index is 1.46. The summed E-state index contributed by atoms with van der Waals surface area (Å²) in [5.74, 6) is -2.56. The number of likely N-dealkylation sites (tertiary alicyclic amines) is 1. The fourth-order valence-corrected chi connectivity index (χ4v) is 8.76. The van der Waals surface area contributed by atoms with Crippen LogP contribution in [0.15, 0.2) is 54.2 Å². The summed E-state index contributed by atoms with van der Waals surface area (Å²) in [5.41, 5.74) is -5.07. The molecule has 2 fully saturated rings. The number of hydrogen-bond donors (Lipinski definition) is 2. The molecule has 1 saturated carbocycles. The second kappa shape index (κ2) is 17.6. The molecule has 312 valence electrons. The number of pyridine rings is 1. The molecule has 2 amide bonds. The maximum atomic E-state index is 14.9. The average molecular weight is 828 g/mol. The lowest BCUT2D eigenvalue weighted by Crippen LogP contribution is -2.67. The predicted molar refractivity (Wildman–Crippen MR) is 198 cm³/mol. The van der Waals surface area contributed by atoms with Crippen LogP contribution in [-0.4, -0.2) is 80.7 Å². The highest BCUT2D eigenvalue weighted by molar-refractivity contribution is 7.10. The number of carbonyl (C=O) groups excluding carboxylic acids is 2. The van der Waals surface area contributed by atoms with Gasteiger partial charge in [0, 0.05) is 62.4 Å². The Labute approximate surface area is 330 Å². The van der Waals surface area contributed by atoms with Crippen LogP contribution in [0.5, 0.6) is 11.5 Å². The largest absolute Gasteiger partial charge is 0.490 e. The summed E-state index contributed by atoms with van der Waals surface area (Å²) in [6.45, 7) is 3.34. The minimum absolute atomic E-state index is 0.0309. The molecule has 3 aromatic rings. The van der Waals surface area contributed by atoms with E-state index in [9.17, 15) is 50.9 Å². The van der Waals surface area contributed by atoms with E-state index in [2.05, 4.69) is 4.98 Å². The number of carbonyl (C=O) groups is 3. The number of rotatable bonds is 15.